The molecule has 0 spiro atoms. The second-order valence-corrected chi connectivity index (χ2v) is 4.37. The molecule has 0 radical (unpaired) electrons. The van der Waals surface area contributed by atoms with Gasteiger partial charge in [-0.2, -0.15) is 0 Å². The zero-order valence-electron chi connectivity index (χ0n) is 10.3. The first-order valence-corrected chi connectivity index (χ1v) is 6.18. The molecular weight excluding hydrogens is 188 g/mol. The summed E-state index contributed by atoms with van der Waals surface area (Å²) in [6.07, 6.45) is 1.89. The van der Waals surface area contributed by atoms with Gasteiger partial charge in [-0.3, -0.25) is 9.69 Å². The van der Waals surface area contributed by atoms with E-state index in [1.54, 1.807) is 0 Å². The Morgan fingerprint density at radius 1 is 1.20 bits per heavy atom. The van der Waals surface area contributed by atoms with Gasteiger partial charge in [0.15, 0.2) is 0 Å². The molecule has 0 saturated carbocycles. The number of hydrogen-bond acceptors (Lipinski definition) is 3. The maximum Gasteiger partial charge on any atom is 0.149 e. The normalized spacial score (nSPS) is 21.5. The first kappa shape index (κ1) is 12.7. The molecule has 0 bridgehead atoms. The Hall–Kier alpha value is -0.410. The van der Waals surface area contributed by atoms with Crippen LogP contribution in [-0.4, -0.2) is 54.3 Å². The largest absolute Gasteiger partial charge is 0.301 e. The summed E-state index contributed by atoms with van der Waals surface area (Å²) in [7, 11) is 0. The number of Topliss-reactive ketones (excluding diaryl/α,β-unsaturated/α-hetero) is 1. The third-order valence-electron chi connectivity index (χ3n) is 3.31. The quantitative estimate of drug-likeness (QED) is 0.688. The highest BCUT2D eigenvalue weighted by Gasteiger charge is 2.23. The fourth-order valence-electron chi connectivity index (χ4n) is 2.19. The minimum atomic E-state index is 0.124. The lowest BCUT2D eigenvalue weighted by Crippen LogP contribution is -2.51. The van der Waals surface area contributed by atoms with Crippen molar-refractivity contribution in [3.63, 3.8) is 0 Å². The van der Waals surface area contributed by atoms with E-state index in [0.717, 1.165) is 26.2 Å². The van der Waals surface area contributed by atoms with Crippen molar-refractivity contribution in [1.29, 1.82) is 0 Å². The van der Waals surface area contributed by atoms with Crippen LogP contribution >= 0.6 is 0 Å². The van der Waals surface area contributed by atoms with Crippen molar-refractivity contribution in [3.05, 3.63) is 0 Å². The first-order chi connectivity index (χ1) is 7.19. The van der Waals surface area contributed by atoms with Gasteiger partial charge in [0.05, 0.1) is 6.04 Å². The van der Waals surface area contributed by atoms with Crippen LogP contribution < -0.4 is 0 Å². The van der Waals surface area contributed by atoms with E-state index in [2.05, 4.69) is 16.7 Å². The lowest BCUT2D eigenvalue weighted by atomic mass is 10.1. The summed E-state index contributed by atoms with van der Waals surface area (Å²) in [5, 5.41) is 0. The zero-order valence-corrected chi connectivity index (χ0v) is 10.3. The number of rotatable bonds is 5. The van der Waals surface area contributed by atoms with Gasteiger partial charge in [0, 0.05) is 32.6 Å². The van der Waals surface area contributed by atoms with Crippen molar-refractivity contribution in [2.45, 2.75) is 39.7 Å². The smallest absolute Gasteiger partial charge is 0.149 e. The van der Waals surface area contributed by atoms with Crippen molar-refractivity contribution in [3.8, 4) is 0 Å². The van der Waals surface area contributed by atoms with Crippen LogP contribution in [0.5, 0.6) is 0 Å². The second-order valence-electron chi connectivity index (χ2n) is 4.37. The molecule has 1 unspecified atom stereocenters. The number of carbonyl (C=O) groups is 1. The molecule has 1 aliphatic rings. The summed E-state index contributed by atoms with van der Waals surface area (Å²) in [6, 6.07) is 0.124. The first-order valence-electron chi connectivity index (χ1n) is 6.18. The Morgan fingerprint density at radius 3 is 2.27 bits per heavy atom. The standard InChI is InChI=1S/C12H24N2O/c1-4-6-13-7-9-14(10-8-13)11(3)12(15)5-2/h11H,4-10H2,1-3H3. The van der Waals surface area contributed by atoms with Crippen molar-refractivity contribution < 1.29 is 4.79 Å². The van der Waals surface area contributed by atoms with E-state index in [1.807, 2.05) is 13.8 Å². The predicted octanol–water partition coefficient (Wildman–Crippen LogP) is 1.38. The van der Waals surface area contributed by atoms with Crippen LogP contribution in [0.4, 0.5) is 0 Å². The third kappa shape index (κ3) is 3.58. The average molecular weight is 212 g/mol. The van der Waals surface area contributed by atoms with Crippen molar-refractivity contribution >= 4 is 5.78 Å². The number of carbonyl (C=O) groups excluding carboxylic acids is 1. The molecule has 0 amide bonds. The maximum atomic E-state index is 11.6. The molecule has 1 fully saturated rings. The number of hydrogen-bond donors (Lipinski definition) is 0. The molecule has 3 heteroatoms. The van der Waals surface area contributed by atoms with Gasteiger partial charge in [0.25, 0.3) is 0 Å². The van der Waals surface area contributed by atoms with Crippen LogP contribution in [-0.2, 0) is 4.79 Å². The van der Waals surface area contributed by atoms with E-state index < -0.39 is 0 Å². The average Bonchev–Trinajstić information content (AvgIpc) is 2.28. The molecular formula is C12H24N2O. The molecule has 0 aliphatic carbocycles. The maximum absolute atomic E-state index is 11.6. The molecule has 3 nitrogen and oxygen atoms in total. The monoisotopic (exact) mass is 212 g/mol. The topological polar surface area (TPSA) is 23.6 Å². The van der Waals surface area contributed by atoms with E-state index in [4.69, 9.17) is 0 Å². The highest BCUT2D eigenvalue weighted by atomic mass is 16.1. The molecule has 0 aromatic carbocycles. The number of nitrogens with zero attached hydrogens (tertiary/aromatic N) is 2. The SMILES string of the molecule is CCCN1CCN(C(C)C(=O)CC)CC1. The Kier molecular flexibility index (Phi) is 5.26. The van der Waals surface area contributed by atoms with Crippen LogP contribution in [0.2, 0.25) is 0 Å². The predicted molar refractivity (Wildman–Crippen MR) is 63.1 cm³/mol. The van der Waals surface area contributed by atoms with Crippen LogP contribution in [0, 0.1) is 0 Å². The van der Waals surface area contributed by atoms with E-state index >= 15 is 0 Å². The van der Waals surface area contributed by atoms with Crippen molar-refractivity contribution in [1.82, 2.24) is 9.80 Å². The van der Waals surface area contributed by atoms with E-state index in [1.165, 1.54) is 13.0 Å². The molecule has 0 aromatic heterocycles. The lowest BCUT2D eigenvalue weighted by Gasteiger charge is -2.37. The third-order valence-corrected chi connectivity index (χ3v) is 3.31. The van der Waals surface area contributed by atoms with Crippen LogP contribution in [0.3, 0.4) is 0 Å². The molecule has 15 heavy (non-hydrogen) atoms. The molecule has 0 aromatic rings. The van der Waals surface area contributed by atoms with Gasteiger partial charge in [0.2, 0.25) is 0 Å². The molecule has 1 heterocycles. The minimum absolute atomic E-state index is 0.124. The van der Waals surface area contributed by atoms with Gasteiger partial charge >= 0.3 is 0 Å². The summed E-state index contributed by atoms with van der Waals surface area (Å²) >= 11 is 0. The Balaban J connectivity index is 2.33. The molecule has 88 valence electrons. The number of ketones is 1. The fourth-order valence-corrected chi connectivity index (χ4v) is 2.19. The molecule has 1 rings (SSSR count). The Bertz CT molecular complexity index is 198. The molecule has 1 aliphatic heterocycles. The van der Waals surface area contributed by atoms with Crippen LogP contribution in [0.15, 0.2) is 0 Å². The van der Waals surface area contributed by atoms with Crippen molar-refractivity contribution in [2.24, 2.45) is 0 Å². The van der Waals surface area contributed by atoms with Crippen LogP contribution in [0.1, 0.15) is 33.6 Å². The van der Waals surface area contributed by atoms with Gasteiger partial charge < -0.3 is 4.90 Å². The summed E-state index contributed by atoms with van der Waals surface area (Å²) in [4.78, 5) is 16.4. The van der Waals surface area contributed by atoms with E-state index in [-0.39, 0.29) is 6.04 Å². The molecule has 1 atom stereocenters. The highest BCUT2D eigenvalue weighted by Crippen LogP contribution is 2.08. The summed E-state index contributed by atoms with van der Waals surface area (Å²) in [5.41, 5.74) is 0. The van der Waals surface area contributed by atoms with E-state index in [0.29, 0.717) is 12.2 Å². The summed E-state index contributed by atoms with van der Waals surface area (Å²) in [5.74, 6) is 0.374. The second kappa shape index (κ2) is 6.23. The fraction of sp³-hybridized carbons (Fsp3) is 0.917. The Morgan fingerprint density at radius 2 is 1.80 bits per heavy atom. The van der Waals surface area contributed by atoms with E-state index in [9.17, 15) is 4.79 Å². The van der Waals surface area contributed by atoms with Gasteiger partial charge in [-0.25, -0.2) is 0 Å². The zero-order chi connectivity index (χ0) is 11.3. The summed E-state index contributed by atoms with van der Waals surface area (Å²) in [6.45, 7) is 11.7. The summed E-state index contributed by atoms with van der Waals surface area (Å²) < 4.78 is 0. The Labute approximate surface area is 93.4 Å². The van der Waals surface area contributed by atoms with Gasteiger partial charge in [0.1, 0.15) is 5.78 Å². The highest BCUT2D eigenvalue weighted by molar-refractivity contribution is 5.83. The minimum Gasteiger partial charge on any atom is -0.301 e. The molecule has 0 N–H and O–H groups in total. The van der Waals surface area contributed by atoms with Gasteiger partial charge in [-0.1, -0.05) is 13.8 Å². The van der Waals surface area contributed by atoms with Crippen molar-refractivity contribution in [2.75, 3.05) is 32.7 Å². The van der Waals surface area contributed by atoms with Gasteiger partial charge in [-0.05, 0) is 19.9 Å². The van der Waals surface area contributed by atoms with Crippen LogP contribution in [0.25, 0.3) is 0 Å². The lowest BCUT2D eigenvalue weighted by molar-refractivity contribution is -0.124. The molecule has 1 saturated heterocycles. The number of piperazine rings is 1. The van der Waals surface area contributed by atoms with Gasteiger partial charge in [-0.15, -0.1) is 0 Å².